The van der Waals surface area contributed by atoms with Crippen LogP contribution in [0.3, 0.4) is 0 Å². The van der Waals surface area contributed by atoms with Gasteiger partial charge in [-0.2, -0.15) is 4.98 Å². The largest absolute Gasteiger partial charge is 0.422 e. The molecule has 0 aliphatic heterocycles. The second-order valence-electron chi connectivity index (χ2n) is 5.42. The minimum atomic E-state index is -0.527. The highest BCUT2D eigenvalue weighted by Crippen LogP contribution is 2.24. The van der Waals surface area contributed by atoms with Crippen LogP contribution in [0.4, 0.5) is 0 Å². The van der Waals surface area contributed by atoms with E-state index in [9.17, 15) is 4.79 Å². The molecule has 5 nitrogen and oxygen atoms in total. The van der Waals surface area contributed by atoms with Crippen molar-refractivity contribution in [2.75, 3.05) is 0 Å². The van der Waals surface area contributed by atoms with Gasteiger partial charge in [-0.3, -0.25) is 0 Å². The predicted octanol–water partition coefficient (Wildman–Crippen LogP) is 4.47. The van der Waals surface area contributed by atoms with Crippen molar-refractivity contribution in [2.45, 2.75) is 6.92 Å². The van der Waals surface area contributed by atoms with Crippen molar-refractivity contribution in [1.29, 1.82) is 0 Å². The lowest BCUT2D eigenvalue weighted by Crippen LogP contribution is -2.03. The van der Waals surface area contributed by atoms with E-state index in [-0.39, 0.29) is 11.4 Å². The van der Waals surface area contributed by atoms with E-state index in [0.717, 1.165) is 11.1 Å². The van der Waals surface area contributed by atoms with Crippen LogP contribution in [-0.4, -0.2) is 10.1 Å². The summed E-state index contributed by atoms with van der Waals surface area (Å²) in [5.41, 5.74) is 2.07. The Morgan fingerprint density at radius 1 is 1.04 bits per heavy atom. The fourth-order valence-electron chi connectivity index (χ4n) is 2.40. The number of aryl methyl sites for hydroxylation is 1. The lowest BCUT2D eigenvalue weighted by atomic mass is 10.1. The zero-order chi connectivity index (χ0) is 16.7. The van der Waals surface area contributed by atoms with Crippen LogP contribution in [-0.2, 0) is 0 Å². The van der Waals surface area contributed by atoms with Gasteiger partial charge in [0.2, 0.25) is 5.82 Å². The van der Waals surface area contributed by atoms with Crippen LogP contribution in [0.25, 0.3) is 33.8 Å². The Morgan fingerprint density at radius 2 is 1.83 bits per heavy atom. The average Bonchev–Trinajstić information content (AvgIpc) is 3.05. The molecular formula is C18H11ClN2O3. The van der Waals surface area contributed by atoms with Crippen LogP contribution >= 0.6 is 11.6 Å². The second-order valence-corrected chi connectivity index (χ2v) is 5.86. The normalized spacial score (nSPS) is 11.1. The first-order chi connectivity index (χ1) is 11.6. The van der Waals surface area contributed by atoms with Gasteiger partial charge in [-0.05, 0) is 43.3 Å². The lowest BCUT2D eigenvalue weighted by Gasteiger charge is -1.99. The van der Waals surface area contributed by atoms with E-state index in [1.807, 2.05) is 31.2 Å². The Bertz CT molecular complexity index is 1100. The molecule has 118 valence electrons. The molecule has 2 aromatic carbocycles. The maximum absolute atomic E-state index is 12.2. The molecule has 0 N–H and O–H groups in total. The zero-order valence-corrected chi connectivity index (χ0v) is 13.4. The van der Waals surface area contributed by atoms with E-state index in [4.69, 9.17) is 20.5 Å². The third-order valence-corrected chi connectivity index (χ3v) is 3.89. The van der Waals surface area contributed by atoms with Gasteiger partial charge in [0.25, 0.3) is 5.89 Å². The number of nitrogens with zero attached hydrogens (tertiary/aromatic N) is 2. The van der Waals surface area contributed by atoms with Crippen molar-refractivity contribution in [3.8, 4) is 22.8 Å². The summed E-state index contributed by atoms with van der Waals surface area (Å²) in [6.45, 7) is 1.99. The maximum atomic E-state index is 12.2. The summed E-state index contributed by atoms with van der Waals surface area (Å²) >= 11 is 5.98. The van der Waals surface area contributed by atoms with E-state index in [1.165, 1.54) is 0 Å². The Labute approximate surface area is 141 Å². The molecule has 0 bridgehead atoms. The molecule has 0 fully saturated rings. The lowest BCUT2D eigenvalue weighted by molar-refractivity contribution is 0.432. The van der Waals surface area contributed by atoms with Gasteiger partial charge in [-0.15, -0.1) is 0 Å². The van der Waals surface area contributed by atoms with Crippen molar-refractivity contribution in [3.05, 3.63) is 69.5 Å². The summed E-state index contributed by atoms with van der Waals surface area (Å²) in [5.74, 6) is 0.525. The molecule has 0 saturated carbocycles. The third-order valence-electron chi connectivity index (χ3n) is 3.66. The quantitative estimate of drug-likeness (QED) is 0.504. The Kier molecular flexibility index (Phi) is 3.43. The van der Waals surface area contributed by atoms with Crippen molar-refractivity contribution >= 4 is 22.6 Å². The summed E-state index contributed by atoms with van der Waals surface area (Å²) in [6, 6.07) is 14.3. The molecule has 0 aliphatic rings. The minimum Gasteiger partial charge on any atom is -0.422 e. The Balaban J connectivity index is 1.81. The smallest absolute Gasteiger partial charge is 0.347 e. The Hall–Kier alpha value is -2.92. The number of hydrogen-bond donors (Lipinski definition) is 0. The van der Waals surface area contributed by atoms with E-state index in [1.54, 1.807) is 24.3 Å². The van der Waals surface area contributed by atoms with E-state index in [2.05, 4.69) is 10.1 Å². The highest BCUT2D eigenvalue weighted by Gasteiger charge is 2.15. The van der Waals surface area contributed by atoms with Crippen LogP contribution in [0.5, 0.6) is 0 Å². The van der Waals surface area contributed by atoms with Crippen LogP contribution in [0.2, 0.25) is 5.02 Å². The van der Waals surface area contributed by atoms with Crippen molar-refractivity contribution in [2.24, 2.45) is 0 Å². The molecule has 4 aromatic rings. The first-order valence-electron chi connectivity index (χ1n) is 7.25. The number of rotatable bonds is 2. The first kappa shape index (κ1) is 14.7. The molecule has 24 heavy (non-hydrogen) atoms. The topological polar surface area (TPSA) is 69.1 Å². The standard InChI is InChI=1S/C18H11ClN2O3/c1-10-2-4-11(5-3-10)17-20-16(21-24-17)14-9-12-8-13(19)6-7-15(12)23-18(14)22/h2-9H,1H3. The van der Waals surface area contributed by atoms with Gasteiger partial charge in [0.1, 0.15) is 11.1 Å². The van der Waals surface area contributed by atoms with Crippen LogP contribution in [0, 0.1) is 6.92 Å². The number of hydrogen-bond acceptors (Lipinski definition) is 5. The maximum Gasteiger partial charge on any atom is 0.347 e. The highest BCUT2D eigenvalue weighted by molar-refractivity contribution is 6.31. The van der Waals surface area contributed by atoms with Gasteiger partial charge in [-0.25, -0.2) is 4.79 Å². The molecule has 6 heteroatoms. The number of fused-ring (bicyclic) bond motifs is 1. The Morgan fingerprint density at radius 3 is 2.62 bits per heavy atom. The summed E-state index contributed by atoms with van der Waals surface area (Å²) in [5, 5.41) is 5.14. The van der Waals surface area contributed by atoms with Crippen molar-refractivity contribution in [1.82, 2.24) is 10.1 Å². The van der Waals surface area contributed by atoms with Gasteiger partial charge in [0.15, 0.2) is 0 Å². The van der Waals surface area contributed by atoms with Gasteiger partial charge >= 0.3 is 5.63 Å². The van der Waals surface area contributed by atoms with Gasteiger partial charge in [0, 0.05) is 16.0 Å². The van der Waals surface area contributed by atoms with E-state index >= 15 is 0 Å². The monoisotopic (exact) mass is 338 g/mol. The first-order valence-corrected chi connectivity index (χ1v) is 7.62. The number of aromatic nitrogens is 2. The molecule has 4 rings (SSSR count). The SMILES string of the molecule is Cc1ccc(-c2nc(-c3cc4cc(Cl)ccc4oc3=O)no2)cc1. The predicted molar refractivity (Wildman–Crippen MR) is 91.0 cm³/mol. The summed E-state index contributed by atoms with van der Waals surface area (Å²) in [7, 11) is 0. The molecule has 0 amide bonds. The average molecular weight is 339 g/mol. The van der Waals surface area contributed by atoms with E-state index < -0.39 is 5.63 Å². The molecule has 2 aromatic heterocycles. The summed E-state index contributed by atoms with van der Waals surface area (Å²) in [6.07, 6.45) is 0. The third kappa shape index (κ3) is 2.59. The molecule has 2 heterocycles. The number of halogens is 1. The van der Waals surface area contributed by atoms with Gasteiger partial charge in [0.05, 0.1) is 0 Å². The van der Waals surface area contributed by atoms with Crippen LogP contribution < -0.4 is 5.63 Å². The minimum absolute atomic E-state index is 0.182. The summed E-state index contributed by atoms with van der Waals surface area (Å²) in [4.78, 5) is 16.5. The van der Waals surface area contributed by atoms with Crippen LogP contribution in [0.1, 0.15) is 5.56 Å². The molecule has 0 saturated heterocycles. The van der Waals surface area contributed by atoms with Gasteiger partial charge in [-0.1, -0.05) is 34.5 Å². The fraction of sp³-hybridized carbons (Fsp3) is 0.0556. The molecule has 0 aliphatic carbocycles. The zero-order valence-electron chi connectivity index (χ0n) is 12.6. The molecule has 0 spiro atoms. The summed E-state index contributed by atoms with van der Waals surface area (Å²) < 4.78 is 10.6. The molecule has 0 atom stereocenters. The fourth-order valence-corrected chi connectivity index (χ4v) is 2.58. The molecule has 0 unspecified atom stereocenters. The van der Waals surface area contributed by atoms with E-state index in [0.29, 0.717) is 21.9 Å². The molecule has 0 radical (unpaired) electrons. The number of benzene rings is 2. The van der Waals surface area contributed by atoms with Gasteiger partial charge < -0.3 is 8.94 Å². The molecular weight excluding hydrogens is 328 g/mol. The highest BCUT2D eigenvalue weighted by atomic mass is 35.5. The second kappa shape index (κ2) is 5.62. The van der Waals surface area contributed by atoms with Crippen molar-refractivity contribution < 1.29 is 8.94 Å². The van der Waals surface area contributed by atoms with Crippen LogP contribution in [0.15, 0.2) is 62.3 Å². The van der Waals surface area contributed by atoms with Crippen molar-refractivity contribution in [3.63, 3.8) is 0 Å².